The first kappa shape index (κ1) is 10.9. The Balaban J connectivity index is 2.16. The highest BCUT2D eigenvalue weighted by Crippen LogP contribution is 2.26. The topological polar surface area (TPSA) is 38.8 Å². The van der Waals surface area contributed by atoms with Crippen LogP contribution in [0.25, 0.3) is 0 Å². The Labute approximate surface area is 90.5 Å². The molecule has 0 unspecified atom stereocenters. The summed E-state index contributed by atoms with van der Waals surface area (Å²) in [4.78, 5) is 14.2. The van der Waals surface area contributed by atoms with Gasteiger partial charge in [-0.3, -0.25) is 4.79 Å². The molecule has 4 heteroatoms. The number of amides is 1. The van der Waals surface area contributed by atoms with Gasteiger partial charge in [0.2, 0.25) is 5.91 Å². The van der Waals surface area contributed by atoms with Crippen LogP contribution in [0.4, 0.5) is 0 Å². The summed E-state index contributed by atoms with van der Waals surface area (Å²) in [5.41, 5.74) is -0.314. The van der Waals surface area contributed by atoms with E-state index in [1.54, 1.807) is 0 Å². The second-order valence-corrected chi connectivity index (χ2v) is 5.34. The molecule has 2 saturated heterocycles. The molecule has 2 heterocycles. The lowest BCUT2D eigenvalue weighted by atomic mass is 9.92. The summed E-state index contributed by atoms with van der Waals surface area (Å²) < 4.78 is 10.9. The maximum Gasteiger partial charge on any atom is 0.228 e. The SMILES string of the molecule is CC(C)(C)C(=O)N1C2COCC1COC2. The van der Waals surface area contributed by atoms with Crippen LogP contribution in [0.5, 0.6) is 0 Å². The summed E-state index contributed by atoms with van der Waals surface area (Å²) in [6.07, 6.45) is 0. The van der Waals surface area contributed by atoms with Crippen molar-refractivity contribution < 1.29 is 14.3 Å². The van der Waals surface area contributed by atoms with Gasteiger partial charge >= 0.3 is 0 Å². The number of nitrogens with zero attached hydrogens (tertiary/aromatic N) is 1. The number of ether oxygens (including phenoxy) is 2. The first-order valence-electron chi connectivity index (χ1n) is 5.48. The van der Waals surface area contributed by atoms with Gasteiger partial charge in [0.25, 0.3) is 0 Å². The molecule has 0 spiro atoms. The fourth-order valence-electron chi connectivity index (χ4n) is 2.11. The number of hydrogen-bond donors (Lipinski definition) is 0. The van der Waals surface area contributed by atoms with E-state index in [0.717, 1.165) is 0 Å². The van der Waals surface area contributed by atoms with E-state index in [4.69, 9.17) is 9.47 Å². The molecular weight excluding hydrogens is 194 g/mol. The average Bonchev–Trinajstić information content (AvgIpc) is 2.14. The Morgan fingerprint density at radius 3 is 1.80 bits per heavy atom. The third-order valence-electron chi connectivity index (χ3n) is 2.90. The van der Waals surface area contributed by atoms with Gasteiger partial charge in [-0.2, -0.15) is 0 Å². The standard InChI is InChI=1S/C11H19NO3/c1-11(2,3)10(13)12-8-4-14-6-9(12)7-15-5-8/h8-9H,4-7H2,1-3H3. The third kappa shape index (κ3) is 2.01. The highest BCUT2D eigenvalue weighted by Gasteiger charge is 2.41. The van der Waals surface area contributed by atoms with E-state index in [9.17, 15) is 4.79 Å². The fraction of sp³-hybridized carbons (Fsp3) is 0.909. The summed E-state index contributed by atoms with van der Waals surface area (Å²) in [6.45, 7) is 8.32. The normalized spacial score (nSPS) is 31.5. The highest BCUT2D eigenvalue weighted by molar-refractivity contribution is 5.82. The lowest BCUT2D eigenvalue weighted by Gasteiger charge is -2.47. The Bertz CT molecular complexity index is 237. The summed E-state index contributed by atoms with van der Waals surface area (Å²) in [5, 5.41) is 0. The van der Waals surface area contributed by atoms with Crippen LogP contribution in [0, 0.1) is 5.41 Å². The first-order chi connectivity index (χ1) is 7.00. The molecule has 0 aromatic carbocycles. The molecule has 0 aliphatic carbocycles. The Hall–Kier alpha value is -0.610. The van der Waals surface area contributed by atoms with Crippen LogP contribution in [0.1, 0.15) is 20.8 Å². The van der Waals surface area contributed by atoms with Crippen molar-refractivity contribution in [3.63, 3.8) is 0 Å². The van der Waals surface area contributed by atoms with Gasteiger partial charge < -0.3 is 14.4 Å². The van der Waals surface area contributed by atoms with Crippen LogP contribution in [0.15, 0.2) is 0 Å². The highest BCUT2D eigenvalue weighted by atomic mass is 16.5. The molecule has 0 N–H and O–H groups in total. The second kappa shape index (κ2) is 3.76. The zero-order chi connectivity index (χ0) is 11.1. The molecular formula is C11H19NO3. The van der Waals surface area contributed by atoms with E-state index in [2.05, 4.69) is 0 Å². The molecule has 0 aromatic rings. The number of fused-ring (bicyclic) bond motifs is 2. The zero-order valence-electron chi connectivity index (χ0n) is 9.66. The van der Waals surface area contributed by atoms with Crippen molar-refractivity contribution in [1.29, 1.82) is 0 Å². The molecule has 2 bridgehead atoms. The molecule has 0 atom stereocenters. The summed E-state index contributed by atoms with van der Waals surface area (Å²) in [6, 6.07) is 0.230. The molecule has 15 heavy (non-hydrogen) atoms. The van der Waals surface area contributed by atoms with Gasteiger partial charge in [-0.25, -0.2) is 0 Å². The van der Waals surface area contributed by atoms with E-state index in [1.165, 1.54) is 0 Å². The van der Waals surface area contributed by atoms with Crippen molar-refractivity contribution in [3.05, 3.63) is 0 Å². The first-order valence-corrected chi connectivity index (χ1v) is 5.48. The zero-order valence-corrected chi connectivity index (χ0v) is 9.66. The van der Waals surface area contributed by atoms with Gasteiger partial charge in [-0.1, -0.05) is 20.8 Å². The van der Waals surface area contributed by atoms with Crippen molar-refractivity contribution in [2.75, 3.05) is 26.4 Å². The van der Waals surface area contributed by atoms with Crippen molar-refractivity contribution in [2.24, 2.45) is 5.41 Å². The number of carbonyl (C=O) groups is 1. The molecule has 2 aliphatic heterocycles. The summed E-state index contributed by atoms with van der Waals surface area (Å²) in [5.74, 6) is 0.212. The Kier molecular flexibility index (Phi) is 2.73. The van der Waals surface area contributed by atoms with Crippen LogP contribution < -0.4 is 0 Å². The minimum absolute atomic E-state index is 0.115. The van der Waals surface area contributed by atoms with Crippen LogP contribution in [-0.2, 0) is 14.3 Å². The van der Waals surface area contributed by atoms with E-state index >= 15 is 0 Å². The number of rotatable bonds is 0. The molecule has 0 radical (unpaired) electrons. The number of carbonyl (C=O) groups excluding carboxylic acids is 1. The van der Waals surface area contributed by atoms with Gasteiger partial charge in [0.15, 0.2) is 0 Å². The van der Waals surface area contributed by atoms with Crippen molar-refractivity contribution >= 4 is 5.91 Å². The predicted molar refractivity (Wildman–Crippen MR) is 55.5 cm³/mol. The van der Waals surface area contributed by atoms with E-state index in [0.29, 0.717) is 26.4 Å². The lowest BCUT2D eigenvalue weighted by molar-refractivity contribution is -0.175. The average molecular weight is 213 g/mol. The van der Waals surface area contributed by atoms with E-state index in [-0.39, 0.29) is 23.4 Å². The maximum absolute atomic E-state index is 12.2. The largest absolute Gasteiger partial charge is 0.377 e. The van der Waals surface area contributed by atoms with Crippen molar-refractivity contribution in [3.8, 4) is 0 Å². The second-order valence-electron chi connectivity index (χ2n) is 5.34. The summed E-state index contributed by atoms with van der Waals surface area (Å²) in [7, 11) is 0. The monoisotopic (exact) mass is 213 g/mol. The molecule has 4 nitrogen and oxygen atoms in total. The van der Waals surface area contributed by atoms with Gasteiger partial charge in [0.1, 0.15) is 0 Å². The van der Waals surface area contributed by atoms with Crippen LogP contribution >= 0.6 is 0 Å². The number of hydrogen-bond acceptors (Lipinski definition) is 3. The van der Waals surface area contributed by atoms with Crippen LogP contribution in [-0.4, -0.2) is 49.3 Å². The minimum Gasteiger partial charge on any atom is -0.377 e. The predicted octanol–water partition coefficient (Wildman–Crippen LogP) is 0.659. The Morgan fingerprint density at radius 1 is 1.07 bits per heavy atom. The van der Waals surface area contributed by atoms with Crippen molar-refractivity contribution in [2.45, 2.75) is 32.9 Å². The Morgan fingerprint density at radius 2 is 1.47 bits per heavy atom. The third-order valence-corrected chi connectivity index (χ3v) is 2.90. The molecule has 86 valence electrons. The lowest BCUT2D eigenvalue weighted by Crippen LogP contribution is -2.63. The van der Waals surface area contributed by atoms with Gasteiger partial charge in [0, 0.05) is 5.41 Å². The fourth-order valence-corrected chi connectivity index (χ4v) is 2.11. The van der Waals surface area contributed by atoms with Crippen molar-refractivity contribution in [1.82, 2.24) is 4.90 Å². The van der Waals surface area contributed by atoms with E-state index in [1.807, 2.05) is 25.7 Å². The summed E-state index contributed by atoms with van der Waals surface area (Å²) >= 11 is 0. The molecule has 0 saturated carbocycles. The smallest absolute Gasteiger partial charge is 0.228 e. The molecule has 2 rings (SSSR count). The quantitative estimate of drug-likeness (QED) is 0.593. The van der Waals surface area contributed by atoms with Gasteiger partial charge in [-0.15, -0.1) is 0 Å². The minimum atomic E-state index is -0.314. The number of morpholine rings is 2. The van der Waals surface area contributed by atoms with Crippen LogP contribution in [0.2, 0.25) is 0 Å². The molecule has 2 aliphatic rings. The van der Waals surface area contributed by atoms with E-state index < -0.39 is 0 Å². The van der Waals surface area contributed by atoms with Crippen LogP contribution in [0.3, 0.4) is 0 Å². The van der Waals surface area contributed by atoms with Gasteiger partial charge in [-0.05, 0) is 0 Å². The molecule has 0 aromatic heterocycles. The molecule has 1 amide bonds. The maximum atomic E-state index is 12.2. The van der Waals surface area contributed by atoms with Gasteiger partial charge in [0.05, 0.1) is 38.5 Å². The molecule has 2 fully saturated rings.